The van der Waals surface area contributed by atoms with Crippen LogP contribution in [0.3, 0.4) is 0 Å². The first kappa shape index (κ1) is 18.9. The van der Waals surface area contributed by atoms with Crippen molar-refractivity contribution in [2.75, 3.05) is 54.8 Å². The molecule has 0 aromatic carbocycles. The Morgan fingerprint density at radius 1 is 1.10 bits per heavy atom. The largest absolute Gasteiger partial charge is 0.350 e. The molecule has 0 aliphatic carbocycles. The zero-order chi connectivity index (χ0) is 20.7. The van der Waals surface area contributed by atoms with Crippen LogP contribution in [0.25, 0.3) is 11.2 Å². The third-order valence-electron chi connectivity index (χ3n) is 5.69. The van der Waals surface area contributed by atoms with Gasteiger partial charge >= 0.3 is 5.95 Å². The molecule has 0 atom stereocenters. The summed E-state index contributed by atoms with van der Waals surface area (Å²) in [7, 11) is 0. The Labute approximate surface area is 178 Å². The maximum atomic E-state index is 12.6. The number of carbonyl (C=O) groups excluding carboxylic acids is 1. The topological polar surface area (TPSA) is 121 Å². The minimum absolute atomic E-state index is 0.00709. The van der Waals surface area contributed by atoms with Gasteiger partial charge in [-0.1, -0.05) is 16.6 Å². The number of amides is 1. The number of hydrogen-bond donors (Lipinski definition) is 2. The SMILES string of the molecule is Nc1nc2nc[nH]c2c(N2CCN(c3ncc(C(=O)N4CCCC4)cc3Cl)CC2)[nH+]1. The quantitative estimate of drug-likeness (QED) is 0.637. The van der Waals surface area contributed by atoms with Gasteiger partial charge in [0.05, 0.1) is 30.0 Å². The van der Waals surface area contributed by atoms with E-state index in [1.165, 1.54) is 0 Å². The van der Waals surface area contributed by atoms with E-state index in [0.29, 0.717) is 28.0 Å². The minimum Gasteiger partial charge on any atom is -0.350 e. The lowest BCUT2D eigenvalue weighted by molar-refractivity contribution is -0.348. The van der Waals surface area contributed by atoms with Crippen LogP contribution in [0.5, 0.6) is 0 Å². The molecule has 1 amide bonds. The molecule has 2 saturated heterocycles. The molecular weight excluding hydrogens is 406 g/mol. The van der Waals surface area contributed by atoms with Gasteiger partial charge in [-0.15, -0.1) is 0 Å². The third-order valence-corrected chi connectivity index (χ3v) is 5.96. The van der Waals surface area contributed by atoms with Crippen LogP contribution in [0.1, 0.15) is 23.2 Å². The van der Waals surface area contributed by atoms with Crippen LogP contribution in [0.15, 0.2) is 18.6 Å². The molecule has 0 spiro atoms. The lowest BCUT2D eigenvalue weighted by atomic mass is 10.2. The van der Waals surface area contributed by atoms with Gasteiger partial charge < -0.3 is 25.4 Å². The number of nitrogens with zero attached hydrogens (tertiary/aromatic N) is 6. The maximum Gasteiger partial charge on any atom is 0.344 e. The number of halogens is 1. The Bertz CT molecular complexity index is 1090. The van der Waals surface area contributed by atoms with Gasteiger partial charge in [0.15, 0.2) is 5.52 Å². The van der Waals surface area contributed by atoms with Crippen LogP contribution >= 0.6 is 11.6 Å². The van der Waals surface area contributed by atoms with E-state index in [1.807, 2.05) is 4.90 Å². The predicted octanol–water partition coefficient (Wildman–Crippen LogP) is 0.965. The molecule has 0 unspecified atom stereocenters. The number of likely N-dealkylation sites (tertiary alicyclic amines) is 1. The molecule has 5 rings (SSSR count). The summed E-state index contributed by atoms with van der Waals surface area (Å²) >= 11 is 6.52. The highest BCUT2D eigenvalue weighted by molar-refractivity contribution is 6.33. The monoisotopic (exact) mass is 428 g/mol. The summed E-state index contributed by atoms with van der Waals surface area (Å²) in [5.41, 5.74) is 7.87. The van der Waals surface area contributed by atoms with Crippen LogP contribution in [0.4, 0.5) is 17.6 Å². The molecular formula is C19H23ClN9O+. The van der Waals surface area contributed by atoms with Gasteiger partial charge in [-0.05, 0) is 18.9 Å². The van der Waals surface area contributed by atoms with Crippen LogP contribution in [0, 0.1) is 0 Å². The fourth-order valence-corrected chi connectivity index (χ4v) is 4.42. The molecule has 4 N–H and O–H groups in total. The Kier molecular flexibility index (Phi) is 4.78. The summed E-state index contributed by atoms with van der Waals surface area (Å²) < 4.78 is 0. The first-order chi connectivity index (χ1) is 14.6. The lowest BCUT2D eigenvalue weighted by Crippen LogP contribution is -2.48. The molecule has 2 fully saturated rings. The number of carbonyl (C=O) groups is 1. The minimum atomic E-state index is 0.00709. The first-order valence-corrected chi connectivity index (χ1v) is 10.4. The third kappa shape index (κ3) is 3.36. The number of nitrogens with two attached hydrogens (primary N) is 1. The van der Waals surface area contributed by atoms with Crippen molar-refractivity contribution in [3.8, 4) is 0 Å². The number of imidazole rings is 1. The molecule has 2 aliphatic rings. The number of anilines is 3. The number of rotatable bonds is 3. The summed E-state index contributed by atoms with van der Waals surface area (Å²) in [5, 5.41) is 0.504. The number of aromatic amines is 2. The molecule has 0 bridgehead atoms. The van der Waals surface area contributed by atoms with E-state index < -0.39 is 0 Å². The normalized spacial score (nSPS) is 17.2. The molecule has 3 aromatic heterocycles. The molecule has 30 heavy (non-hydrogen) atoms. The molecule has 10 nitrogen and oxygen atoms in total. The van der Waals surface area contributed by atoms with E-state index in [4.69, 9.17) is 17.3 Å². The standard InChI is InChI=1S/C19H22ClN9O/c20-13-9-12(18(30)29-3-1-2-4-29)10-22-16(13)27-5-7-28(8-6-27)17-14-15(24-11-23-14)25-19(21)26-17/h9-11H,1-8H2,(H3,21,23,24,25,26)/p+1. The van der Waals surface area contributed by atoms with Gasteiger partial charge in [-0.3, -0.25) is 4.79 Å². The Hall–Kier alpha value is -3.14. The second-order valence-corrected chi connectivity index (χ2v) is 7.98. The Morgan fingerprint density at radius 2 is 1.83 bits per heavy atom. The zero-order valence-electron chi connectivity index (χ0n) is 16.4. The van der Waals surface area contributed by atoms with E-state index >= 15 is 0 Å². The average Bonchev–Trinajstić information content (AvgIpc) is 3.45. The summed E-state index contributed by atoms with van der Waals surface area (Å²) in [6, 6.07) is 1.74. The first-order valence-electron chi connectivity index (χ1n) is 10.1. The second-order valence-electron chi connectivity index (χ2n) is 7.57. The Balaban J connectivity index is 1.30. The molecule has 2 aliphatic heterocycles. The van der Waals surface area contributed by atoms with Crippen molar-refractivity contribution < 1.29 is 9.78 Å². The van der Waals surface area contributed by atoms with Crippen molar-refractivity contribution in [2.45, 2.75) is 12.8 Å². The number of pyridine rings is 1. The number of piperazine rings is 1. The lowest BCUT2D eigenvalue weighted by Gasteiger charge is -2.34. The van der Waals surface area contributed by atoms with E-state index in [-0.39, 0.29) is 5.91 Å². The van der Waals surface area contributed by atoms with Crippen molar-refractivity contribution in [1.82, 2.24) is 24.8 Å². The summed E-state index contributed by atoms with van der Waals surface area (Å²) in [5.74, 6) is 1.92. The van der Waals surface area contributed by atoms with Crippen molar-refractivity contribution in [3.05, 3.63) is 29.2 Å². The molecule has 5 heterocycles. The Morgan fingerprint density at radius 3 is 2.57 bits per heavy atom. The molecule has 11 heteroatoms. The van der Waals surface area contributed by atoms with Crippen LogP contribution in [0.2, 0.25) is 5.02 Å². The number of fused-ring (bicyclic) bond motifs is 1. The van der Waals surface area contributed by atoms with Gasteiger partial charge in [0, 0.05) is 32.4 Å². The number of aromatic nitrogens is 5. The molecule has 0 saturated carbocycles. The van der Waals surface area contributed by atoms with Gasteiger partial charge in [0.25, 0.3) is 5.91 Å². The predicted molar refractivity (Wildman–Crippen MR) is 114 cm³/mol. The van der Waals surface area contributed by atoms with Crippen LogP contribution in [-0.4, -0.2) is 70.0 Å². The fourth-order valence-electron chi connectivity index (χ4n) is 4.13. The maximum absolute atomic E-state index is 12.6. The number of H-pyrrole nitrogens is 2. The zero-order valence-corrected chi connectivity index (χ0v) is 17.2. The highest BCUT2D eigenvalue weighted by Crippen LogP contribution is 2.27. The average molecular weight is 429 g/mol. The van der Waals surface area contributed by atoms with E-state index in [2.05, 4.69) is 34.7 Å². The fraction of sp³-hybridized carbons (Fsp3) is 0.421. The van der Waals surface area contributed by atoms with Crippen molar-refractivity contribution in [2.24, 2.45) is 0 Å². The van der Waals surface area contributed by atoms with Gasteiger partial charge in [0.1, 0.15) is 5.82 Å². The summed E-state index contributed by atoms with van der Waals surface area (Å²) in [4.78, 5) is 38.0. The van der Waals surface area contributed by atoms with Crippen LogP contribution < -0.4 is 20.5 Å². The van der Waals surface area contributed by atoms with E-state index in [9.17, 15) is 4.79 Å². The molecule has 156 valence electrons. The molecule has 0 radical (unpaired) electrons. The van der Waals surface area contributed by atoms with Crippen molar-refractivity contribution >= 4 is 46.3 Å². The van der Waals surface area contributed by atoms with Crippen LogP contribution in [-0.2, 0) is 0 Å². The number of nitrogen functional groups attached to an aromatic ring is 1. The summed E-state index contributed by atoms with van der Waals surface area (Å²) in [6.45, 7) is 4.58. The molecule has 3 aromatic rings. The number of nitrogens with one attached hydrogen (secondary N) is 2. The van der Waals surface area contributed by atoms with Crippen molar-refractivity contribution in [3.63, 3.8) is 0 Å². The van der Waals surface area contributed by atoms with Gasteiger partial charge in [-0.2, -0.15) is 0 Å². The highest BCUT2D eigenvalue weighted by atomic mass is 35.5. The smallest absolute Gasteiger partial charge is 0.344 e. The second kappa shape index (κ2) is 7.60. The van der Waals surface area contributed by atoms with E-state index in [1.54, 1.807) is 18.6 Å². The summed E-state index contributed by atoms with van der Waals surface area (Å²) in [6.07, 6.45) is 5.36. The van der Waals surface area contributed by atoms with Gasteiger partial charge in [0.2, 0.25) is 11.5 Å². The van der Waals surface area contributed by atoms with Gasteiger partial charge in [-0.25, -0.2) is 15.0 Å². The number of hydrogen-bond acceptors (Lipinski definition) is 7. The van der Waals surface area contributed by atoms with Crippen molar-refractivity contribution in [1.29, 1.82) is 0 Å². The highest BCUT2D eigenvalue weighted by Gasteiger charge is 2.27. The van der Waals surface area contributed by atoms with E-state index in [0.717, 1.165) is 63.4 Å².